The van der Waals surface area contributed by atoms with Gasteiger partial charge < -0.3 is 5.73 Å². The maximum atomic E-state index is 12.7. The van der Waals surface area contributed by atoms with Crippen LogP contribution in [0.15, 0.2) is 71.9 Å². The van der Waals surface area contributed by atoms with Crippen LogP contribution in [-0.4, -0.2) is 19.8 Å². The molecule has 2 aromatic carbocycles. The quantitative estimate of drug-likeness (QED) is 0.558. The van der Waals surface area contributed by atoms with Gasteiger partial charge in [0, 0.05) is 18.0 Å². The van der Waals surface area contributed by atoms with Gasteiger partial charge in [-0.15, -0.1) is 0 Å². The fourth-order valence-electron chi connectivity index (χ4n) is 2.29. The third-order valence-corrected chi connectivity index (χ3v) is 4.85. The molecule has 0 aliphatic carbocycles. The SMILES string of the molecule is N=C(N)c1cc(-n2cccn2)ccc1S(=O)Cc1ccccc1. The predicted molar refractivity (Wildman–Crippen MR) is 91.1 cm³/mol. The van der Waals surface area contributed by atoms with Crippen molar-refractivity contribution in [2.45, 2.75) is 10.6 Å². The number of amidine groups is 1. The highest BCUT2D eigenvalue weighted by Gasteiger charge is 2.14. The molecule has 1 unspecified atom stereocenters. The van der Waals surface area contributed by atoms with E-state index in [9.17, 15) is 4.21 Å². The van der Waals surface area contributed by atoms with Crippen molar-refractivity contribution in [1.82, 2.24) is 9.78 Å². The highest BCUT2D eigenvalue weighted by molar-refractivity contribution is 7.84. The Hall–Kier alpha value is -2.73. The molecule has 5 nitrogen and oxygen atoms in total. The Bertz CT molecular complexity index is 844. The smallest absolute Gasteiger partial charge is 0.124 e. The van der Waals surface area contributed by atoms with Crippen LogP contribution in [0.5, 0.6) is 0 Å². The molecule has 0 bridgehead atoms. The number of nitrogen functional groups attached to an aromatic ring is 1. The average Bonchev–Trinajstić information content (AvgIpc) is 3.09. The third kappa shape index (κ3) is 3.37. The molecule has 1 heterocycles. The van der Waals surface area contributed by atoms with Gasteiger partial charge >= 0.3 is 0 Å². The summed E-state index contributed by atoms with van der Waals surface area (Å²) in [6.45, 7) is 0. The Labute approximate surface area is 136 Å². The van der Waals surface area contributed by atoms with Crippen molar-refractivity contribution in [3.05, 3.63) is 78.1 Å². The van der Waals surface area contributed by atoms with Crippen molar-refractivity contribution in [3.8, 4) is 5.69 Å². The van der Waals surface area contributed by atoms with Gasteiger partial charge in [-0.05, 0) is 29.8 Å². The molecular formula is C17H16N4OS. The molecule has 3 rings (SSSR count). The summed E-state index contributed by atoms with van der Waals surface area (Å²) >= 11 is 0. The minimum Gasteiger partial charge on any atom is -0.384 e. The molecule has 0 radical (unpaired) electrons. The van der Waals surface area contributed by atoms with Crippen LogP contribution in [0.1, 0.15) is 11.1 Å². The van der Waals surface area contributed by atoms with Gasteiger partial charge in [0.25, 0.3) is 0 Å². The molecule has 116 valence electrons. The van der Waals surface area contributed by atoms with Crippen LogP contribution < -0.4 is 5.73 Å². The van der Waals surface area contributed by atoms with E-state index in [1.54, 1.807) is 29.2 Å². The molecule has 0 saturated heterocycles. The Balaban J connectivity index is 1.95. The second kappa shape index (κ2) is 6.58. The van der Waals surface area contributed by atoms with E-state index in [0.29, 0.717) is 16.2 Å². The molecule has 0 fully saturated rings. The van der Waals surface area contributed by atoms with E-state index >= 15 is 0 Å². The minimum absolute atomic E-state index is 0.101. The number of rotatable bonds is 5. The van der Waals surface area contributed by atoms with Crippen LogP contribution in [0.4, 0.5) is 0 Å². The van der Waals surface area contributed by atoms with Gasteiger partial charge in [0.2, 0.25) is 0 Å². The topological polar surface area (TPSA) is 84.8 Å². The van der Waals surface area contributed by atoms with Crippen LogP contribution >= 0.6 is 0 Å². The van der Waals surface area contributed by atoms with Gasteiger partial charge in [-0.1, -0.05) is 30.3 Å². The van der Waals surface area contributed by atoms with Crippen LogP contribution in [0.2, 0.25) is 0 Å². The highest BCUT2D eigenvalue weighted by Crippen LogP contribution is 2.20. The van der Waals surface area contributed by atoms with Gasteiger partial charge in [0.1, 0.15) is 5.84 Å². The summed E-state index contributed by atoms with van der Waals surface area (Å²) in [6.07, 6.45) is 3.48. The minimum atomic E-state index is -1.27. The molecule has 0 amide bonds. The summed E-state index contributed by atoms with van der Waals surface area (Å²) in [4.78, 5) is 0.567. The Morgan fingerprint density at radius 2 is 1.96 bits per heavy atom. The molecule has 0 aliphatic rings. The molecule has 0 saturated carbocycles. The summed E-state index contributed by atoms with van der Waals surface area (Å²) in [5.41, 5.74) is 7.93. The summed E-state index contributed by atoms with van der Waals surface area (Å²) in [6, 6.07) is 16.8. The summed E-state index contributed by atoms with van der Waals surface area (Å²) in [5.74, 6) is 0.290. The molecular weight excluding hydrogens is 308 g/mol. The Kier molecular flexibility index (Phi) is 4.34. The van der Waals surface area contributed by atoms with Crippen LogP contribution in [-0.2, 0) is 16.6 Å². The maximum Gasteiger partial charge on any atom is 0.124 e. The molecule has 1 aromatic heterocycles. The second-order valence-electron chi connectivity index (χ2n) is 5.02. The lowest BCUT2D eigenvalue weighted by Gasteiger charge is -2.11. The molecule has 3 aromatic rings. The number of aromatic nitrogens is 2. The van der Waals surface area contributed by atoms with Crippen molar-refractivity contribution in [1.29, 1.82) is 5.41 Å². The lowest BCUT2D eigenvalue weighted by molar-refractivity contribution is 0.682. The van der Waals surface area contributed by atoms with Gasteiger partial charge in [-0.25, -0.2) is 4.68 Å². The molecule has 6 heteroatoms. The number of hydrogen-bond donors (Lipinski definition) is 2. The average molecular weight is 324 g/mol. The highest BCUT2D eigenvalue weighted by atomic mass is 32.2. The Morgan fingerprint density at radius 3 is 2.61 bits per heavy atom. The van der Waals surface area contributed by atoms with Crippen LogP contribution in [0.25, 0.3) is 5.69 Å². The van der Waals surface area contributed by atoms with E-state index < -0.39 is 10.8 Å². The van der Waals surface area contributed by atoms with Crippen molar-refractivity contribution < 1.29 is 4.21 Å². The lowest BCUT2D eigenvalue weighted by Crippen LogP contribution is -2.16. The molecule has 1 atom stereocenters. The van der Waals surface area contributed by atoms with E-state index in [0.717, 1.165) is 11.3 Å². The first-order chi connectivity index (χ1) is 11.1. The van der Waals surface area contributed by atoms with Gasteiger partial charge in [0.15, 0.2) is 0 Å². The van der Waals surface area contributed by atoms with Gasteiger partial charge in [-0.2, -0.15) is 5.10 Å². The molecule has 23 heavy (non-hydrogen) atoms. The largest absolute Gasteiger partial charge is 0.384 e. The standard InChI is InChI=1S/C17H16N4OS/c18-17(19)15-11-14(21-10-4-9-20-21)7-8-16(15)23(22)12-13-5-2-1-3-6-13/h1-11H,12H2,(H3,18,19). The van der Waals surface area contributed by atoms with Gasteiger partial charge in [-0.3, -0.25) is 9.62 Å². The zero-order valence-electron chi connectivity index (χ0n) is 12.3. The number of nitrogens with two attached hydrogens (primary N) is 1. The van der Waals surface area contributed by atoms with Gasteiger partial charge in [0.05, 0.1) is 27.1 Å². The number of nitrogens with one attached hydrogen (secondary N) is 1. The van der Waals surface area contributed by atoms with E-state index in [4.69, 9.17) is 11.1 Å². The number of nitrogens with zero attached hydrogens (tertiary/aromatic N) is 2. The third-order valence-electron chi connectivity index (χ3n) is 3.41. The number of hydrogen-bond acceptors (Lipinski definition) is 3. The normalized spacial score (nSPS) is 12.0. The van der Waals surface area contributed by atoms with E-state index in [1.165, 1.54) is 0 Å². The van der Waals surface area contributed by atoms with Crippen molar-refractivity contribution in [2.75, 3.05) is 0 Å². The van der Waals surface area contributed by atoms with Crippen molar-refractivity contribution in [2.24, 2.45) is 5.73 Å². The van der Waals surface area contributed by atoms with E-state index in [2.05, 4.69) is 5.10 Å². The number of benzene rings is 2. The van der Waals surface area contributed by atoms with E-state index in [-0.39, 0.29) is 5.84 Å². The molecule has 0 spiro atoms. The van der Waals surface area contributed by atoms with Crippen LogP contribution in [0, 0.1) is 5.41 Å². The lowest BCUT2D eigenvalue weighted by atomic mass is 10.2. The van der Waals surface area contributed by atoms with Crippen molar-refractivity contribution >= 4 is 16.6 Å². The summed E-state index contributed by atoms with van der Waals surface area (Å²) in [5, 5.41) is 11.9. The first-order valence-electron chi connectivity index (χ1n) is 7.06. The fraction of sp³-hybridized carbons (Fsp3) is 0.0588. The summed E-state index contributed by atoms with van der Waals surface area (Å²) in [7, 11) is -1.27. The zero-order chi connectivity index (χ0) is 16.2. The second-order valence-corrected chi connectivity index (χ2v) is 6.44. The maximum absolute atomic E-state index is 12.7. The first-order valence-corrected chi connectivity index (χ1v) is 8.38. The monoisotopic (exact) mass is 324 g/mol. The zero-order valence-corrected chi connectivity index (χ0v) is 13.2. The first kappa shape index (κ1) is 15.2. The molecule has 0 aliphatic heterocycles. The van der Waals surface area contributed by atoms with Crippen LogP contribution in [0.3, 0.4) is 0 Å². The summed E-state index contributed by atoms with van der Waals surface area (Å²) < 4.78 is 14.4. The molecule has 3 N–H and O–H groups in total. The van der Waals surface area contributed by atoms with Crippen molar-refractivity contribution in [3.63, 3.8) is 0 Å². The Morgan fingerprint density at radius 1 is 1.17 bits per heavy atom. The van der Waals surface area contributed by atoms with E-state index in [1.807, 2.05) is 42.5 Å². The predicted octanol–water partition coefficient (Wildman–Crippen LogP) is 2.46. The fourth-order valence-corrected chi connectivity index (χ4v) is 3.58.